The molecule has 1 heterocycles. The molecule has 0 saturated heterocycles. The number of thioether (sulfide) groups is 1. The fourth-order valence-electron chi connectivity index (χ4n) is 2.69. The maximum atomic E-state index is 10.3. The monoisotopic (exact) mass is 299 g/mol. The summed E-state index contributed by atoms with van der Waals surface area (Å²) in [7, 11) is 0. The zero-order valence-corrected chi connectivity index (χ0v) is 12.3. The van der Waals surface area contributed by atoms with Gasteiger partial charge in [0.25, 0.3) is 0 Å². The molecule has 4 rings (SSSR count). The van der Waals surface area contributed by atoms with Crippen LogP contribution in [0.5, 0.6) is 0 Å². The predicted molar refractivity (Wildman–Crippen MR) is 84.4 cm³/mol. The lowest BCUT2D eigenvalue weighted by atomic mass is 10.1. The summed E-state index contributed by atoms with van der Waals surface area (Å²) >= 11 is 3.39. The summed E-state index contributed by atoms with van der Waals surface area (Å²) < 4.78 is 2.24. The SMILES string of the molecule is OC1Cc2ccccc2C1Sc1nc2ccccc2s1. The van der Waals surface area contributed by atoms with Crippen LogP contribution in [-0.2, 0) is 6.42 Å². The second kappa shape index (κ2) is 4.88. The Labute approximate surface area is 125 Å². The number of aromatic nitrogens is 1. The third-order valence-corrected chi connectivity index (χ3v) is 6.13. The van der Waals surface area contributed by atoms with Gasteiger partial charge in [0.1, 0.15) is 0 Å². The first-order valence-electron chi connectivity index (χ1n) is 6.59. The van der Waals surface area contributed by atoms with Gasteiger partial charge in [-0.25, -0.2) is 4.98 Å². The number of hydrogen-bond donors (Lipinski definition) is 1. The van der Waals surface area contributed by atoms with Gasteiger partial charge in [0.2, 0.25) is 0 Å². The molecular weight excluding hydrogens is 286 g/mol. The number of rotatable bonds is 2. The normalized spacial score (nSPS) is 21.2. The van der Waals surface area contributed by atoms with Gasteiger partial charge in [-0.1, -0.05) is 48.2 Å². The molecule has 1 aliphatic carbocycles. The van der Waals surface area contributed by atoms with Crippen molar-refractivity contribution in [3.8, 4) is 0 Å². The van der Waals surface area contributed by atoms with Gasteiger partial charge in [-0.3, -0.25) is 0 Å². The first-order chi connectivity index (χ1) is 9.81. The summed E-state index contributed by atoms with van der Waals surface area (Å²) in [5.41, 5.74) is 3.56. The highest BCUT2D eigenvalue weighted by atomic mass is 32.2. The Bertz CT molecular complexity index is 735. The van der Waals surface area contributed by atoms with Crippen LogP contribution in [0.25, 0.3) is 10.2 Å². The third-order valence-electron chi connectivity index (χ3n) is 3.64. The van der Waals surface area contributed by atoms with Crippen LogP contribution < -0.4 is 0 Å². The van der Waals surface area contributed by atoms with Crippen molar-refractivity contribution in [2.24, 2.45) is 0 Å². The van der Waals surface area contributed by atoms with E-state index in [1.807, 2.05) is 30.3 Å². The lowest BCUT2D eigenvalue weighted by Crippen LogP contribution is -2.09. The van der Waals surface area contributed by atoms with Crippen molar-refractivity contribution in [1.29, 1.82) is 0 Å². The Kier molecular flexibility index (Phi) is 3.02. The molecule has 0 radical (unpaired) electrons. The molecule has 20 heavy (non-hydrogen) atoms. The highest BCUT2D eigenvalue weighted by molar-refractivity contribution is 8.01. The summed E-state index contributed by atoms with van der Waals surface area (Å²) in [5.74, 6) is 0. The molecule has 0 spiro atoms. The van der Waals surface area contributed by atoms with Crippen LogP contribution in [0.15, 0.2) is 52.9 Å². The van der Waals surface area contributed by atoms with Crippen LogP contribution in [0, 0.1) is 0 Å². The summed E-state index contributed by atoms with van der Waals surface area (Å²) in [5, 5.41) is 10.4. The van der Waals surface area contributed by atoms with Gasteiger partial charge in [-0.2, -0.15) is 0 Å². The molecule has 2 atom stereocenters. The van der Waals surface area contributed by atoms with Gasteiger partial charge < -0.3 is 5.11 Å². The fourth-order valence-corrected chi connectivity index (χ4v) is 5.14. The highest BCUT2D eigenvalue weighted by Crippen LogP contribution is 2.46. The van der Waals surface area contributed by atoms with Gasteiger partial charge in [0.15, 0.2) is 4.34 Å². The van der Waals surface area contributed by atoms with Crippen molar-refractivity contribution in [3.05, 3.63) is 59.7 Å². The van der Waals surface area contributed by atoms with Crippen molar-refractivity contribution >= 4 is 33.3 Å². The first kappa shape index (κ1) is 12.4. The van der Waals surface area contributed by atoms with E-state index >= 15 is 0 Å². The van der Waals surface area contributed by atoms with Crippen molar-refractivity contribution in [1.82, 2.24) is 4.98 Å². The summed E-state index contributed by atoms with van der Waals surface area (Å²) in [4.78, 5) is 4.65. The number of benzene rings is 2. The van der Waals surface area contributed by atoms with Crippen molar-refractivity contribution in [3.63, 3.8) is 0 Å². The zero-order valence-electron chi connectivity index (χ0n) is 10.7. The number of hydrogen-bond acceptors (Lipinski definition) is 4. The van der Waals surface area contributed by atoms with Gasteiger partial charge in [0, 0.05) is 6.42 Å². The largest absolute Gasteiger partial charge is 0.391 e. The predicted octanol–water partition coefficient (Wildman–Crippen LogP) is 4.05. The van der Waals surface area contributed by atoms with Gasteiger partial charge in [-0.15, -0.1) is 11.3 Å². The molecule has 1 aliphatic rings. The maximum Gasteiger partial charge on any atom is 0.151 e. The lowest BCUT2D eigenvalue weighted by Gasteiger charge is -2.13. The number of nitrogens with zero attached hydrogens (tertiary/aromatic N) is 1. The number of para-hydroxylation sites is 1. The Hall–Kier alpha value is -1.36. The minimum atomic E-state index is -0.315. The minimum Gasteiger partial charge on any atom is -0.391 e. The van der Waals surface area contributed by atoms with Crippen LogP contribution in [0.4, 0.5) is 0 Å². The topological polar surface area (TPSA) is 33.1 Å². The van der Waals surface area contributed by atoms with Crippen molar-refractivity contribution in [2.45, 2.75) is 22.1 Å². The number of aliphatic hydroxyl groups excluding tert-OH is 1. The third kappa shape index (κ3) is 2.04. The Morgan fingerprint density at radius 3 is 2.80 bits per heavy atom. The molecule has 2 unspecified atom stereocenters. The van der Waals surface area contributed by atoms with Crippen LogP contribution in [-0.4, -0.2) is 16.2 Å². The van der Waals surface area contributed by atoms with E-state index in [0.717, 1.165) is 16.3 Å². The Morgan fingerprint density at radius 2 is 1.90 bits per heavy atom. The van der Waals surface area contributed by atoms with E-state index in [4.69, 9.17) is 0 Å². The van der Waals surface area contributed by atoms with E-state index in [1.165, 1.54) is 15.8 Å². The second-order valence-corrected chi connectivity index (χ2v) is 7.38. The van der Waals surface area contributed by atoms with Gasteiger partial charge in [0.05, 0.1) is 21.6 Å². The quantitative estimate of drug-likeness (QED) is 0.775. The molecule has 2 aromatic carbocycles. The number of fused-ring (bicyclic) bond motifs is 2. The number of aliphatic hydroxyl groups is 1. The number of thiazole rings is 1. The van der Waals surface area contributed by atoms with Crippen LogP contribution in [0.3, 0.4) is 0 Å². The molecule has 2 nitrogen and oxygen atoms in total. The Morgan fingerprint density at radius 1 is 1.10 bits per heavy atom. The lowest BCUT2D eigenvalue weighted by molar-refractivity contribution is 0.184. The van der Waals surface area contributed by atoms with E-state index in [1.54, 1.807) is 23.1 Å². The van der Waals surface area contributed by atoms with E-state index < -0.39 is 0 Å². The molecule has 3 aromatic rings. The minimum absolute atomic E-state index is 0.103. The average Bonchev–Trinajstić information content (AvgIpc) is 3.00. The van der Waals surface area contributed by atoms with Crippen LogP contribution in [0.1, 0.15) is 16.4 Å². The summed E-state index contributed by atoms with van der Waals surface area (Å²) in [6.07, 6.45) is 0.433. The molecule has 0 aliphatic heterocycles. The first-order valence-corrected chi connectivity index (χ1v) is 8.29. The molecule has 1 aromatic heterocycles. The molecule has 0 bridgehead atoms. The average molecular weight is 299 g/mol. The second-order valence-electron chi connectivity index (χ2n) is 4.96. The fraction of sp³-hybridized carbons (Fsp3) is 0.188. The van der Waals surface area contributed by atoms with E-state index in [2.05, 4.69) is 23.2 Å². The van der Waals surface area contributed by atoms with Crippen LogP contribution >= 0.6 is 23.1 Å². The van der Waals surface area contributed by atoms with E-state index in [9.17, 15) is 5.11 Å². The standard InChI is InChI=1S/C16H13NOS2/c18-13-9-10-5-1-2-6-11(10)15(13)20-16-17-12-7-3-4-8-14(12)19-16/h1-8,13,15,18H,9H2. The molecule has 0 fully saturated rings. The molecule has 0 saturated carbocycles. The zero-order chi connectivity index (χ0) is 13.5. The Balaban J connectivity index is 1.68. The van der Waals surface area contributed by atoms with Crippen LogP contribution in [0.2, 0.25) is 0 Å². The van der Waals surface area contributed by atoms with Gasteiger partial charge in [-0.05, 0) is 23.3 Å². The van der Waals surface area contributed by atoms with Crippen molar-refractivity contribution < 1.29 is 5.11 Å². The molecule has 1 N–H and O–H groups in total. The van der Waals surface area contributed by atoms with E-state index in [-0.39, 0.29) is 11.4 Å². The smallest absolute Gasteiger partial charge is 0.151 e. The molecule has 4 heteroatoms. The molecule has 100 valence electrons. The maximum absolute atomic E-state index is 10.3. The summed E-state index contributed by atoms with van der Waals surface area (Å²) in [6, 6.07) is 16.5. The summed E-state index contributed by atoms with van der Waals surface area (Å²) in [6.45, 7) is 0. The van der Waals surface area contributed by atoms with Crippen molar-refractivity contribution in [2.75, 3.05) is 0 Å². The van der Waals surface area contributed by atoms with Gasteiger partial charge >= 0.3 is 0 Å². The molecular formula is C16H13NOS2. The van der Waals surface area contributed by atoms with E-state index in [0.29, 0.717) is 0 Å². The molecule has 0 amide bonds. The highest BCUT2D eigenvalue weighted by Gasteiger charge is 2.32.